The summed E-state index contributed by atoms with van der Waals surface area (Å²) >= 11 is 0. The highest BCUT2D eigenvalue weighted by Crippen LogP contribution is 1.65. The Hall–Kier alpha value is -1.32. The van der Waals surface area contributed by atoms with Crippen LogP contribution in [0.2, 0.25) is 0 Å². The van der Waals surface area contributed by atoms with E-state index in [1.54, 1.807) is 0 Å². The molecule has 68 valence electrons. The molecular weight excluding hydrogens is 160 g/mol. The minimum atomic E-state index is 0.750. The first-order valence-electron chi connectivity index (χ1n) is 3.32. The fourth-order valence-electron chi connectivity index (χ4n) is 0.604. The van der Waals surface area contributed by atoms with Gasteiger partial charge in [0.15, 0.2) is 0 Å². The Morgan fingerprint density at radius 3 is 1.08 bits per heavy atom. The molecule has 6 nitrogen and oxygen atoms in total. The summed E-state index contributed by atoms with van der Waals surface area (Å²) in [4.78, 5) is 16.7. The highest BCUT2D eigenvalue weighted by Gasteiger charge is 1.91. The number of piperazine rings is 1. The van der Waals surface area contributed by atoms with Gasteiger partial charge in [-0.1, -0.05) is 0 Å². The van der Waals surface area contributed by atoms with Gasteiger partial charge in [0.2, 0.25) is 12.2 Å². The van der Waals surface area contributed by atoms with Crippen LogP contribution in [0.5, 0.6) is 0 Å². The number of hydrogen-bond donors (Lipinski definition) is 4. The van der Waals surface area contributed by atoms with Gasteiger partial charge in [-0.05, 0) is 0 Å². The Bertz CT molecular complexity index is 120. The van der Waals surface area contributed by atoms with Gasteiger partial charge in [-0.15, -0.1) is 0 Å². The van der Waals surface area contributed by atoms with Gasteiger partial charge < -0.3 is 10.6 Å². The van der Waals surface area contributed by atoms with Crippen molar-refractivity contribution < 1.29 is 9.59 Å². The van der Waals surface area contributed by atoms with Crippen LogP contribution in [0.4, 0.5) is 0 Å². The summed E-state index contributed by atoms with van der Waals surface area (Å²) in [6, 6.07) is 0. The van der Waals surface area contributed by atoms with E-state index in [0.717, 1.165) is 38.3 Å². The lowest BCUT2D eigenvalue weighted by Gasteiger charge is -2.11. The van der Waals surface area contributed by atoms with Crippen molar-refractivity contribution in [2.45, 2.75) is 0 Å². The fraction of sp³-hybridized carbons (Fsp3) is 0.667. The molecule has 0 atom stereocenters. The molecule has 0 spiro atoms. The highest BCUT2D eigenvalue weighted by molar-refractivity contribution is 5.26. The highest BCUT2D eigenvalue weighted by atomic mass is 16.1. The minimum absolute atomic E-state index is 0.750. The van der Waals surface area contributed by atoms with Crippen LogP contribution in [0, 0.1) is 10.8 Å². The maximum atomic E-state index is 8.35. The smallest absolute Gasteiger partial charge is 0.231 e. The predicted molar refractivity (Wildman–Crippen MR) is 42.6 cm³/mol. The molecule has 0 bridgehead atoms. The summed E-state index contributed by atoms with van der Waals surface area (Å²) in [5.41, 5.74) is 0. The number of isocyanates is 2. The standard InChI is InChI=1S/C4H10N2.2CHNO/c1-2-6-4-3-5-1;2*2-1-3/h5-6H,1-4H2;2*2H. The normalized spacial score (nSPS) is 13.3. The molecule has 1 heterocycles. The molecule has 1 aliphatic heterocycles. The van der Waals surface area contributed by atoms with Crippen molar-refractivity contribution in [1.82, 2.24) is 10.6 Å². The lowest BCUT2D eigenvalue weighted by Crippen LogP contribution is -2.39. The van der Waals surface area contributed by atoms with Crippen LogP contribution in [0.1, 0.15) is 0 Å². The zero-order valence-corrected chi connectivity index (χ0v) is 6.64. The summed E-state index contributed by atoms with van der Waals surface area (Å²) in [5, 5.41) is 17.2. The van der Waals surface area contributed by atoms with Crippen molar-refractivity contribution in [2.24, 2.45) is 0 Å². The summed E-state index contributed by atoms with van der Waals surface area (Å²) < 4.78 is 0. The van der Waals surface area contributed by atoms with Crippen molar-refractivity contribution in [2.75, 3.05) is 26.2 Å². The third-order valence-electron chi connectivity index (χ3n) is 0.957. The van der Waals surface area contributed by atoms with E-state index in [-0.39, 0.29) is 0 Å². The second-order valence-electron chi connectivity index (χ2n) is 1.70. The monoisotopic (exact) mass is 172 g/mol. The van der Waals surface area contributed by atoms with Crippen molar-refractivity contribution >= 4 is 12.2 Å². The maximum absolute atomic E-state index is 8.35. The van der Waals surface area contributed by atoms with Crippen LogP contribution in [-0.2, 0) is 9.59 Å². The van der Waals surface area contributed by atoms with Crippen LogP contribution < -0.4 is 10.6 Å². The second-order valence-corrected chi connectivity index (χ2v) is 1.70. The third-order valence-corrected chi connectivity index (χ3v) is 0.957. The SMILES string of the molecule is C1CNCCN1.N=C=O.N=C=O. The molecule has 1 fully saturated rings. The van der Waals surface area contributed by atoms with Gasteiger partial charge >= 0.3 is 0 Å². The lowest BCUT2D eigenvalue weighted by molar-refractivity contribution is 0.534. The van der Waals surface area contributed by atoms with Crippen molar-refractivity contribution in [1.29, 1.82) is 10.8 Å². The number of hydrogen-bond acceptors (Lipinski definition) is 6. The molecule has 4 N–H and O–H groups in total. The zero-order valence-electron chi connectivity index (χ0n) is 6.64. The van der Waals surface area contributed by atoms with E-state index in [1.807, 2.05) is 0 Å². The molecule has 1 saturated heterocycles. The molecule has 0 radical (unpaired) electrons. The van der Waals surface area contributed by atoms with E-state index in [0.29, 0.717) is 0 Å². The Kier molecular flexibility index (Phi) is 18.1. The van der Waals surface area contributed by atoms with E-state index >= 15 is 0 Å². The number of rotatable bonds is 0. The van der Waals surface area contributed by atoms with Gasteiger partial charge in [-0.3, -0.25) is 0 Å². The molecule has 6 heteroatoms. The van der Waals surface area contributed by atoms with E-state index in [1.165, 1.54) is 0 Å². The third kappa shape index (κ3) is 23.4. The molecule has 0 saturated carbocycles. The first-order valence-corrected chi connectivity index (χ1v) is 3.32. The van der Waals surface area contributed by atoms with Crippen LogP contribution >= 0.6 is 0 Å². The van der Waals surface area contributed by atoms with Gasteiger partial charge in [-0.25, -0.2) is 20.4 Å². The molecule has 0 unspecified atom stereocenters. The van der Waals surface area contributed by atoms with Gasteiger partial charge in [0.25, 0.3) is 0 Å². The van der Waals surface area contributed by atoms with Crippen molar-refractivity contribution in [3.05, 3.63) is 0 Å². The van der Waals surface area contributed by atoms with E-state index < -0.39 is 0 Å². The van der Waals surface area contributed by atoms with Crippen LogP contribution in [0.25, 0.3) is 0 Å². The van der Waals surface area contributed by atoms with Gasteiger partial charge in [0.1, 0.15) is 0 Å². The lowest BCUT2D eigenvalue weighted by atomic mass is 10.4. The fourth-order valence-corrected chi connectivity index (χ4v) is 0.604. The average molecular weight is 172 g/mol. The Morgan fingerprint density at radius 2 is 1.00 bits per heavy atom. The second kappa shape index (κ2) is 16.3. The predicted octanol–water partition coefficient (Wildman–Crippen LogP) is -1.02. The Morgan fingerprint density at radius 1 is 0.833 bits per heavy atom. The largest absolute Gasteiger partial charge is 0.314 e. The van der Waals surface area contributed by atoms with E-state index in [9.17, 15) is 0 Å². The molecule has 0 aromatic heterocycles. The van der Waals surface area contributed by atoms with Gasteiger partial charge in [0, 0.05) is 26.2 Å². The van der Waals surface area contributed by atoms with E-state index in [2.05, 4.69) is 10.6 Å². The van der Waals surface area contributed by atoms with Crippen LogP contribution in [0.3, 0.4) is 0 Å². The molecule has 12 heavy (non-hydrogen) atoms. The van der Waals surface area contributed by atoms with Crippen LogP contribution in [-0.4, -0.2) is 38.3 Å². The van der Waals surface area contributed by atoms with Crippen LogP contribution in [0.15, 0.2) is 0 Å². The molecule has 1 rings (SSSR count). The molecule has 0 aromatic rings. The summed E-state index contributed by atoms with van der Waals surface area (Å²) in [6.45, 7) is 4.56. The first-order chi connectivity index (χ1) is 5.83. The first kappa shape index (κ1) is 13.3. The Labute approximate surface area is 70.4 Å². The zero-order chi connectivity index (χ0) is 9.66. The molecule has 0 aliphatic carbocycles. The quantitative estimate of drug-likeness (QED) is 0.277. The summed E-state index contributed by atoms with van der Waals surface area (Å²) in [6.07, 6.45) is 1.50. The topological polar surface area (TPSA) is 106 Å². The molecule has 1 aliphatic rings. The maximum Gasteiger partial charge on any atom is 0.231 e. The number of nitrogens with one attached hydrogen (secondary N) is 4. The Balaban J connectivity index is 0. The number of carbonyl (C=O) groups excluding carboxylic acids is 2. The summed E-state index contributed by atoms with van der Waals surface area (Å²) in [5.74, 6) is 0. The van der Waals surface area contributed by atoms with E-state index in [4.69, 9.17) is 20.4 Å². The molecule has 0 aromatic carbocycles. The molecule has 0 amide bonds. The van der Waals surface area contributed by atoms with Gasteiger partial charge in [-0.2, -0.15) is 0 Å². The minimum Gasteiger partial charge on any atom is -0.314 e. The van der Waals surface area contributed by atoms with Crippen molar-refractivity contribution in [3.8, 4) is 0 Å². The average Bonchev–Trinajstić information content (AvgIpc) is 2.10. The molecular formula is C6H12N4O2. The van der Waals surface area contributed by atoms with Crippen molar-refractivity contribution in [3.63, 3.8) is 0 Å². The summed E-state index contributed by atoms with van der Waals surface area (Å²) in [7, 11) is 0. The van der Waals surface area contributed by atoms with Gasteiger partial charge in [0.05, 0.1) is 0 Å².